The number of fused-ring (bicyclic) bond motifs is 2. The summed E-state index contributed by atoms with van der Waals surface area (Å²) in [6, 6.07) is 0. The Morgan fingerprint density at radius 3 is 2.67 bits per heavy atom. The van der Waals surface area contributed by atoms with Crippen LogP contribution in [0.15, 0.2) is 24.3 Å². The van der Waals surface area contributed by atoms with E-state index in [2.05, 4.69) is 19.6 Å². The third kappa shape index (κ3) is 0.669. The van der Waals surface area contributed by atoms with Gasteiger partial charge in [0, 0.05) is 11.8 Å². The van der Waals surface area contributed by atoms with Gasteiger partial charge in [0.25, 0.3) is 0 Å². The highest BCUT2D eigenvalue weighted by Gasteiger charge is 2.49. The summed E-state index contributed by atoms with van der Waals surface area (Å²) in [6.45, 7) is 8.20. The fourth-order valence-corrected chi connectivity index (χ4v) is 2.27. The highest BCUT2D eigenvalue weighted by Crippen LogP contribution is 2.54. The van der Waals surface area contributed by atoms with E-state index in [1.165, 1.54) is 0 Å². The molecular formula is C11H14O. The van der Waals surface area contributed by atoms with Crippen LogP contribution in [-0.2, 0) is 4.79 Å². The van der Waals surface area contributed by atoms with Gasteiger partial charge in [-0.2, -0.15) is 0 Å². The number of rotatable bonds is 0. The molecule has 1 heteroatoms. The molecule has 0 aromatic rings. The minimum atomic E-state index is -0.340. The van der Waals surface area contributed by atoms with E-state index >= 15 is 0 Å². The van der Waals surface area contributed by atoms with E-state index in [1.54, 1.807) is 0 Å². The molecule has 0 aromatic heterocycles. The van der Waals surface area contributed by atoms with Gasteiger partial charge in [0.2, 0.25) is 0 Å². The first-order valence-corrected chi connectivity index (χ1v) is 4.43. The molecule has 2 bridgehead atoms. The largest absolute Gasteiger partial charge is 0.298 e. The first kappa shape index (κ1) is 7.78. The number of hydrogen-bond acceptors (Lipinski definition) is 1. The zero-order chi connectivity index (χ0) is 8.98. The normalized spacial score (nSPS) is 45.5. The minimum Gasteiger partial charge on any atom is -0.298 e. The molecule has 1 fully saturated rings. The lowest BCUT2D eigenvalue weighted by atomic mass is 9.65. The minimum absolute atomic E-state index is 0.0999. The molecule has 0 saturated heterocycles. The van der Waals surface area contributed by atoms with Crippen molar-refractivity contribution in [1.29, 1.82) is 0 Å². The van der Waals surface area contributed by atoms with Crippen LogP contribution in [0.1, 0.15) is 26.7 Å². The van der Waals surface area contributed by atoms with Crippen LogP contribution in [0.25, 0.3) is 0 Å². The quantitative estimate of drug-likeness (QED) is 0.500. The van der Waals surface area contributed by atoms with Gasteiger partial charge >= 0.3 is 0 Å². The van der Waals surface area contributed by atoms with Crippen LogP contribution < -0.4 is 0 Å². The molecule has 0 amide bonds. The molecule has 1 nitrogen and oxygen atoms in total. The Morgan fingerprint density at radius 2 is 2.08 bits per heavy atom. The number of hydrogen-bond donors (Lipinski definition) is 0. The summed E-state index contributed by atoms with van der Waals surface area (Å²) in [5.41, 5.74) is 0.849. The van der Waals surface area contributed by atoms with Crippen molar-refractivity contribution in [2.75, 3.05) is 0 Å². The van der Waals surface area contributed by atoms with E-state index in [-0.39, 0.29) is 10.8 Å². The average Bonchev–Trinajstić information content (AvgIpc) is 2.19. The van der Waals surface area contributed by atoms with Crippen molar-refractivity contribution in [3.8, 4) is 0 Å². The molecule has 2 rings (SSSR count). The predicted molar refractivity (Wildman–Crippen MR) is 48.7 cm³/mol. The second kappa shape index (κ2) is 1.90. The molecule has 2 atom stereocenters. The number of ketones is 1. The zero-order valence-electron chi connectivity index (χ0n) is 7.68. The van der Waals surface area contributed by atoms with Crippen molar-refractivity contribution in [3.05, 3.63) is 24.3 Å². The van der Waals surface area contributed by atoms with Gasteiger partial charge in [-0.25, -0.2) is 0 Å². The van der Waals surface area contributed by atoms with Gasteiger partial charge in [0.15, 0.2) is 0 Å². The molecule has 12 heavy (non-hydrogen) atoms. The highest BCUT2D eigenvalue weighted by molar-refractivity contribution is 5.92. The van der Waals surface area contributed by atoms with E-state index in [4.69, 9.17) is 0 Å². The van der Waals surface area contributed by atoms with Crippen molar-refractivity contribution in [2.45, 2.75) is 26.7 Å². The topological polar surface area (TPSA) is 17.1 Å². The first-order chi connectivity index (χ1) is 5.49. The Labute approximate surface area is 73.2 Å². The molecule has 0 radical (unpaired) electrons. The Hall–Kier alpha value is -0.850. The summed E-state index contributed by atoms with van der Waals surface area (Å²) in [6.07, 6.45) is 5.83. The van der Waals surface area contributed by atoms with Gasteiger partial charge in [0.05, 0.1) is 5.41 Å². The molecule has 2 aliphatic rings. The van der Waals surface area contributed by atoms with Crippen LogP contribution in [0.2, 0.25) is 0 Å². The van der Waals surface area contributed by atoms with Crippen LogP contribution in [0, 0.1) is 10.8 Å². The summed E-state index contributed by atoms with van der Waals surface area (Å²) in [4.78, 5) is 11.6. The molecular weight excluding hydrogens is 148 g/mol. The fraction of sp³-hybridized carbons (Fsp3) is 0.545. The van der Waals surface area contributed by atoms with E-state index in [0.29, 0.717) is 12.2 Å². The average molecular weight is 162 g/mol. The van der Waals surface area contributed by atoms with Crippen LogP contribution in [0.4, 0.5) is 0 Å². The zero-order valence-corrected chi connectivity index (χ0v) is 7.68. The van der Waals surface area contributed by atoms with Gasteiger partial charge in [0.1, 0.15) is 5.78 Å². The lowest BCUT2D eigenvalue weighted by Crippen LogP contribution is -2.35. The summed E-state index contributed by atoms with van der Waals surface area (Å²) < 4.78 is 0. The Bertz CT molecular complexity index is 300. The third-order valence-corrected chi connectivity index (χ3v) is 3.55. The molecule has 0 spiro atoms. The summed E-state index contributed by atoms with van der Waals surface area (Å²) >= 11 is 0. The molecule has 0 heterocycles. The molecule has 0 unspecified atom stereocenters. The lowest BCUT2D eigenvalue weighted by Gasteiger charge is -2.37. The van der Waals surface area contributed by atoms with Crippen LogP contribution in [0.3, 0.4) is 0 Å². The Morgan fingerprint density at radius 1 is 1.42 bits per heavy atom. The summed E-state index contributed by atoms with van der Waals surface area (Å²) in [5.74, 6) is 0.332. The lowest BCUT2D eigenvalue weighted by molar-refractivity contribution is -0.125. The summed E-state index contributed by atoms with van der Waals surface area (Å²) in [7, 11) is 0. The number of Topliss-reactive ketones (excluding diaryl/α,β-unsaturated/α-hetero) is 1. The monoisotopic (exact) mass is 162 g/mol. The Balaban J connectivity index is 2.54. The van der Waals surface area contributed by atoms with Gasteiger partial charge in [-0.05, 0) is 13.3 Å². The maximum Gasteiger partial charge on any atom is 0.146 e. The number of allylic oxidation sites excluding steroid dienone is 3. The van der Waals surface area contributed by atoms with Crippen LogP contribution >= 0.6 is 0 Å². The third-order valence-electron chi connectivity index (χ3n) is 3.55. The fourth-order valence-electron chi connectivity index (χ4n) is 2.27. The van der Waals surface area contributed by atoms with Gasteiger partial charge < -0.3 is 0 Å². The molecule has 1 saturated carbocycles. The molecule has 0 aliphatic heterocycles. The van der Waals surface area contributed by atoms with E-state index in [1.807, 2.05) is 13.0 Å². The van der Waals surface area contributed by atoms with Crippen molar-refractivity contribution in [3.63, 3.8) is 0 Å². The molecule has 2 aliphatic carbocycles. The smallest absolute Gasteiger partial charge is 0.146 e. The van der Waals surface area contributed by atoms with E-state index in [9.17, 15) is 4.79 Å². The first-order valence-electron chi connectivity index (χ1n) is 4.43. The van der Waals surface area contributed by atoms with Crippen molar-refractivity contribution >= 4 is 5.78 Å². The Kier molecular flexibility index (Phi) is 1.23. The van der Waals surface area contributed by atoms with E-state index in [0.717, 1.165) is 12.0 Å². The maximum absolute atomic E-state index is 11.6. The number of carbonyl (C=O) groups excluding carboxylic acids is 1. The predicted octanol–water partition coefficient (Wildman–Crippen LogP) is 2.49. The van der Waals surface area contributed by atoms with Crippen molar-refractivity contribution in [1.82, 2.24) is 0 Å². The molecule has 0 aromatic carbocycles. The van der Waals surface area contributed by atoms with Crippen molar-refractivity contribution in [2.24, 2.45) is 10.8 Å². The highest BCUT2D eigenvalue weighted by atomic mass is 16.1. The van der Waals surface area contributed by atoms with Crippen LogP contribution in [-0.4, -0.2) is 5.78 Å². The summed E-state index contributed by atoms with van der Waals surface area (Å²) in [5, 5.41) is 0. The van der Waals surface area contributed by atoms with Gasteiger partial charge in [-0.3, -0.25) is 4.79 Å². The number of carbonyl (C=O) groups is 1. The van der Waals surface area contributed by atoms with E-state index < -0.39 is 0 Å². The van der Waals surface area contributed by atoms with Gasteiger partial charge in [-0.1, -0.05) is 31.2 Å². The maximum atomic E-state index is 11.6. The molecule has 0 N–H and O–H groups in total. The SMILES string of the molecule is C=C1[C@]2(C)C=C[C@@]1(C)CCC2=O. The standard InChI is InChI=1S/C11H14O/c1-8-10(2)5-4-9(12)11(8,3)7-6-10/h6-7H,1,4-5H2,2-3H3/t10-,11+/m1/s1. The molecule has 64 valence electrons. The van der Waals surface area contributed by atoms with Crippen molar-refractivity contribution < 1.29 is 4.79 Å². The van der Waals surface area contributed by atoms with Gasteiger partial charge in [-0.15, -0.1) is 0 Å². The van der Waals surface area contributed by atoms with Crippen LogP contribution in [0.5, 0.6) is 0 Å². The second-order valence-electron chi connectivity index (χ2n) is 4.35. The second-order valence-corrected chi connectivity index (χ2v) is 4.35.